The number of aromatic amines is 1. The third-order valence-electron chi connectivity index (χ3n) is 3.19. The van der Waals surface area contributed by atoms with Crippen molar-refractivity contribution in [3.05, 3.63) is 52.4 Å². The third-order valence-corrected chi connectivity index (χ3v) is 3.19. The summed E-state index contributed by atoms with van der Waals surface area (Å²) >= 11 is 0. The Morgan fingerprint density at radius 1 is 1.29 bits per heavy atom. The summed E-state index contributed by atoms with van der Waals surface area (Å²) in [4.78, 5) is 19.0. The highest BCUT2D eigenvalue weighted by molar-refractivity contribution is 5.81. The zero-order valence-corrected chi connectivity index (χ0v) is 11.8. The maximum atomic E-state index is 11.8. The maximum absolute atomic E-state index is 11.8. The Morgan fingerprint density at radius 2 is 2.14 bits per heavy atom. The first-order valence-electron chi connectivity index (χ1n) is 7.06. The minimum Gasteiger partial charge on any atom is -0.453 e. The fraction of sp³-hybridized carbons (Fsp3) is 0.250. The molecule has 0 fully saturated rings. The lowest BCUT2D eigenvalue weighted by Gasteiger charge is -2.03. The number of benzene rings is 1. The van der Waals surface area contributed by atoms with Crippen LogP contribution in [0.3, 0.4) is 0 Å². The van der Waals surface area contributed by atoms with Crippen LogP contribution < -0.4 is 10.9 Å². The van der Waals surface area contributed by atoms with Crippen molar-refractivity contribution in [3.8, 4) is 11.6 Å². The average Bonchev–Trinajstić information content (AvgIpc) is 2.91. The fourth-order valence-corrected chi connectivity index (χ4v) is 2.21. The van der Waals surface area contributed by atoms with Gasteiger partial charge in [-0.25, -0.2) is 4.98 Å². The van der Waals surface area contributed by atoms with Crippen LogP contribution in [0.25, 0.3) is 22.6 Å². The molecular formula is C16H17N3O2. The first-order chi connectivity index (χ1) is 10.3. The van der Waals surface area contributed by atoms with Gasteiger partial charge >= 0.3 is 0 Å². The number of H-pyrrole nitrogens is 1. The van der Waals surface area contributed by atoms with Crippen LogP contribution in [0.1, 0.15) is 19.0 Å². The van der Waals surface area contributed by atoms with E-state index in [1.165, 1.54) is 6.07 Å². The van der Waals surface area contributed by atoms with E-state index in [0.29, 0.717) is 23.8 Å². The molecule has 2 aromatic heterocycles. The summed E-state index contributed by atoms with van der Waals surface area (Å²) in [6.45, 7) is 3.57. The Hall–Kier alpha value is -2.40. The minimum atomic E-state index is -0.172. The van der Waals surface area contributed by atoms with Crippen molar-refractivity contribution in [1.29, 1.82) is 0 Å². The average molecular weight is 283 g/mol. The zero-order chi connectivity index (χ0) is 14.7. The van der Waals surface area contributed by atoms with Gasteiger partial charge in [0.15, 0.2) is 11.6 Å². The van der Waals surface area contributed by atoms with Crippen LogP contribution in [-0.4, -0.2) is 16.5 Å². The molecule has 0 radical (unpaired) electrons. The van der Waals surface area contributed by atoms with Gasteiger partial charge in [-0.15, -0.1) is 0 Å². The molecule has 0 unspecified atom stereocenters. The van der Waals surface area contributed by atoms with Crippen LogP contribution in [0.4, 0.5) is 0 Å². The number of hydrogen-bond acceptors (Lipinski definition) is 4. The smallest absolute Gasteiger partial charge is 0.251 e. The molecule has 2 N–H and O–H groups in total. The van der Waals surface area contributed by atoms with E-state index < -0.39 is 0 Å². The Balaban J connectivity index is 1.95. The van der Waals surface area contributed by atoms with Crippen molar-refractivity contribution in [2.45, 2.75) is 19.9 Å². The fourth-order valence-electron chi connectivity index (χ4n) is 2.21. The number of rotatable bonds is 5. The van der Waals surface area contributed by atoms with Crippen molar-refractivity contribution in [3.63, 3.8) is 0 Å². The van der Waals surface area contributed by atoms with Crippen LogP contribution in [0.5, 0.6) is 0 Å². The van der Waals surface area contributed by atoms with Gasteiger partial charge in [0.25, 0.3) is 5.56 Å². The van der Waals surface area contributed by atoms with E-state index in [-0.39, 0.29) is 5.56 Å². The molecular weight excluding hydrogens is 266 g/mol. The van der Waals surface area contributed by atoms with Gasteiger partial charge in [0.05, 0.1) is 5.69 Å². The van der Waals surface area contributed by atoms with Gasteiger partial charge in [-0.2, -0.15) is 0 Å². The highest BCUT2D eigenvalue weighted by Gasteiger charge is 2.09. The number of furan rings is 1. The second kappa shape index (κ2) is 5.93. The van der Waals surface area contributed by atoms with Crippen molar-refractivity contribution in [1.82, 2.24) is 15.3 Å². The topological polar surface area (TPSA) is 70.9 Å². The lowest BCUT2D eigenvalue weighted by molar-refractivity contribution is 0.620. The number of fused-ring (bicyclic) bond motifs is 1. The highest BCUT2D eigenvalue weighted by Crippen LogP contribution is 2.24. The van der Waals surface area contributed by atoms with E-state index >= 15 is 0 Å². The second-order valence-corrected chi connectivity index (χ2v) is 4.91. The summed E-state index contributed by atoms with van der Waals surface area (Å²) in [7, 11) is 0. The summed E-state index contributed by atoms with van der Waals surface area (Å²) < 4.78 is 5.74. The van der Waals surface area contributed by atoms with Gasteiger partial charge in [0.2, 0.25) is 0 Å². The summed E-state index contributed by atoms with van der Waals surface area (Å²) in [5.74, 6) is 1.04. The molecule has 21 heavy (non-hydrogen) atoms. The predicted molar refractivity (Wildman–Crippen MR) is 82.1 cm³/mol. The number of aromatic nitrogens is 2. The Kier molecular flexibility index (Phi) is 3.83. The molecule has 0 saturated carbocycles. The van der Waals surface area contributed by atoms with Gasteiger partial charge in [0, 0.05) is 18.0 Å². The van der Waals surface area contributed by atoms with E-state index in [1.807, 2.05) is 30.3 Å². The van der Waals surface area contributed by atoms with Gasteiger partial charge in [-0.1, -0.05) is 25.1 Å². The molecule has 0 bridgehead atoms. The maximum Gasteiger partial charge on any atom is 0.251 e. The van der Waals surface area contributed by atoms with E-state index in [2.05, 4.69) is 22.2 Å². The molecule has 0 amide bonds. The zero-order valence-electron chi connectivity index (χ0n) is 11.8. The highest BCUT2D eigenvalue weighted by atomic mass is 16.3. The Morgan fingerprint density at radius 3 is 2.95 bits per heavy atom. The Labute approximate surface area is 122 Å². The molecule has 108 valence electrons. The second-order valence-electron chi connectivity index (χ2n) is 4.91. The lowest BCUT2D eigenvalue weighted by atomic mass is 10.2. The summed E-state index contributed by atoms with van der Waals surface area (Å²) in [6.07, 6.45) is 1.04. The van der Waals surface area contributed by atoms with E-state index in [1.54, 1.807) is 0 Å². The van der Waals surface area contributed by atoms with Gasteiger partial charge in [-0.05, 0) is 25.1 Å². The molecule has 3 rings (SSSR count). The van der Waals surface area contributed by atoms with Crippen LogP contribution in [0.2, 0.25) is 0 Å². The van der Waals surface area contributed by atoms with Crippen LogP contribution in [-0.2, 0) is 6.54 Å². The Bertz CT molecular complexity index is 771. The molecule has 5 heteroatoms. The van der Waals surface area contributed by atoms with E-state index in [4.69, 9.17) is 4.42 Å². The largest absolute Gasteiger partial charge is 0.453 e. The minimum absolute atomic E-state index is 0.172. The van der Waals surface area contributed by atoms with Gasteiger partial charge < -0.3 is 14.7 Å². The van der Waals surface area contributed by atoms with Gasteiger partial charge in [0.1, 0.15) is 5.58 Å². The van der Waals surface area contributed by atoms with Crippen molar-refractivity contribution in [2.75, 3.05) is 6.54 Å². The van der Waals surface area contributed by atoms with Crippen molar-refractivity contribution in [2.24, 2.45) is 0 Å². The normalized spacial score (nSPS) is 11.1. The molecule has 0 aliphatic heterocycles. The summed E-state index contributed by atoms with van der Waals surface area (Å²) in [5, 5.41) is 4.23. The van der Waals surface area contributed by atoms with Crippen molar-refractivity contribution >= 4 is 11.0 Å². The number of hydrogen-bond donors (Lipinski definition) is 2. The standard InChI is InChI=1S/C16H17N3O2/c1-2-7-17-10-12-9-15(20)19-16(18-12)14-8-11-5-3-4-6-13(11)21-14/h3-6,8-9,17H,2,7,10H2,1H3,(H,18,19,20). The van der Waals surface area contributed by atoms with Crippen LogP contribution in [0, 0.1) is 0 Å². The SMILES string of the molecule is CCCNCc1cc(=O)[nH]c(-c2cc3ccccc3o2)n1. The molecule has 0 aliphatic rings. The monoisotopic (exact) mass is 283 g/mol. The lowest BCUT2D eigenvalue weighted by Crippen LogP contribution is -2.18. The van der Waals surface area contributed by atoms with Crippen LogP contribution in [0.15, 0.2) is 45.6 Å². The molecule has 1 aromatic carbocycles. The molecule has 2 heterocycles. The number of nitrogens with zero attached hydrogens (tertiary/aromatic N) is 1. The van der Waals surface area contributed by atoms with Crippen LogP contribution >= 0.6 is 0 Å². The molecule has 0 saturated heterocycles. The predicted octanol–water partition coefficient (Wildman–Crippen LogP) is 2.68. The van der Waals surface area contributed by atoms with Crippen molar-refractivity contribution < 1.29 is 4.42 Å². The first kappa shape index (κ1) is 13.6. The summed E-state index contributed by atoms with van der Waals surface area (Å²) in [5.41, 5.74) is 1.32. The number of para-hydroxylation sites is 1. The molecule has 3 aromatic rings. The quantitative estimate of drug-likeness (QED) is 0.706. The molecule has 0 atom stereocenters. The van der Waals surface area contributed by atoms with E-state index in [9.17, 15) is 4.79 Å². The van der Waals surface area contributed by atoms with E-state index in [0.717, 1.165) is 23.9 Å². The molecule has 0 aliphatic carbocycles. The number of nitrogens with one attached hydrogen (secondary N) is 2. The first-order valence-corrected chi connectivity index (χ1v) is 7.06. The van der Waals surface area contributed by atoms with Gasteiger partial charge in [-0.3, -0.25) is 4.79 Å². The molecule has 5 nitrogen and oxygen atoms in total. The summed E-state index contributed by atoms with van der Waals surface area (Å²) in [6, 6.07) is 11.1. The third kappa shape index (κ3) is 3.03. The molecule has 0 spiro atoms.